The molecule has 0 bridgehead atoms. The number of anilines is 1. The molecule has 0 aromatic carbocycles. The highest BCUT2D eigenvalue weighted by molar-refractivity contribution is 7.13. The molecule has 0 aliphatic rings. The summed E-state index contributed by atoms with van der Waals surface area (Å²) in [7, 11) is 2.07. The molecule has 0 fully saturated rings. The van der Waals surface area contributed by atoms with Gasteiger partial charge in [-0.25, -0.2) is 4.98 Å². The first-order valence-corrected chi connectivity index (χ1v) is 7.86. The van der Waals surface area contributed by atoms with Crippen LogP contribution >= 0.6 is 11.3 Å². The zero-order valence-electron chi connectivity index (χ0n) is 12.1. The van der Waals surface area contributed by atoms with Gasteiger partial charge >= 0.3 is 5.97 Å². The van der Waals surface area contributed by atoms with E-state index in [2.05, 4.69) is 23.9 Å². The number of aromatic nitrogens is 1. The van der Waals surface area contributed by atoms with Crippen LogP contribution in [-0.4, -0.2) is 31.2 Å². The summed E-state index contributed by atoms with van der Waals surface area (Å²) in [6.45, 7) is 5.51. The predicted molar refractivity (Wildman–Crippen MR) is 79.9 cm³/mol. The normalized spacial score (nSPS) is 10.5. The molecule has 1 heterocycles. The number of carbonyl (C=O) groups excluding carboxylic acids is 1. The second-order valence-electron chi connectivity index (χ2n) is 4.56. The molecule has 1 aromatic rings. The van der Waals surface area contributed by atoms with Crippen LogP contribution in [0, 0.1) is 0 Å². The molecule has 1 rings (SSSR count). The fraction of sp³-hybridized carbons (Fsp3) is 0.714. The van der Waals surface area contributed by atoms with Crippen molar-refractivity contribution in [3.63, 3.8) is 0 Å². The molecule has 4 nitrogen and oxygen atoms in total. The maximum absolute atomic E-state index is 11.3. The largest absolute Gasteiger partial charge is 0.466 e. The van der Waals surface area contributed by atoms with Crippen LogP contribution in [0.1, 0.15) is 45.2 Å². The molecule has 5 heteroatoms. The minimum atomic E-state index is -0.145. The van der Waals surface area contributed by atoms with E-state index in [1.54, 1.807) is 11.3 Å². The Morgan fingerprint density at radius 1 is 1.42 bits per heavy atom. The Hall–Kier alpha value is -1.10. The van der Waals surface area contributed by atoms with E-state index < -0.39 is 0 Å². The van der Waals surface area contributed by atoms with Gasteiger partial charge in [-0.15, -0.1) is 11.3 Å². The van der Waals surface area contributed by atoms with E-state index in [4.69, 9.17) is 4.74 Å². The number of esters is 1. The van der Waals surface area contributed by atoms with Crippen molar-refractivity contribution in [2.75, 3.05) is 25.1 Å². The van der Waals surface area contributed by atoms with Crippen molar-refractivity contribution < 1.29 is 9.53 Å². The van der Waals surface area contributed by atoms with E-state index in [1.807, 2.05) is 12.3 Å². The molecule has 0 radical (unpaired) electrons. The van der Waals surface area contributed by atoms with Crippen LogP contribution in [0.25, 0.3) is 0 Å². The van der Waals surface area contributed by atoms with Crippen molar-refractivity contribution in [3.8, 4) is 0 Å². The molecule has 0 atom stereocenters. The van der Waals surface area contributed by atoms with Crippen LogP contribution in [-0.2, 0) is 16.0 Å². The number of carbonyl (C=O) groups is 1. The minimum Gasteiger partial charge on any atom is -0.466 e. The Labute approximate surface area is 119 Å². The van der Waals surface area contributed by atoms with Gasteiger partial charge in [-0.05, 0) is 13.3 Å². The third kappa shape index (κ3) is 6.05. The number of hydrogen-bond donors (Lipinski definition) is 0. The van der Waals surface area contributed by atoms with Gasteiger partial charge in [-0.3, -0.25) is 4.79 Å². The van der Waals surface area contributed by atoms with Crippen LogP contribution in [0.15, 0.2) is 5.38 Å². The van der Waals surface area contributed by atoms with Crippen molar-refractivity contribution in [1.82, 2.24) is 4.98 Å². The molecule has 0 amide bonds. The van der Waals surface area contributed by atoms with E-state index >= 15 is 0 Å². The molecule has 0 saturated carbocycles. The fourth-order valence-corrected chi connectivity index (χ4v) is 2.60. The summed E-state index contributed by atoms with van der Waals surface area (Å²) in [6, 6.07) is 0. The molecule has 1 aromatic heterocycles. The summed E-state index contributed by atoms with van der Waals surface area (Å²) in [6.07, 6.45) is 4.77. The average Bonchev–Trinajstić information content (AvgIpc) is 2.86. The van der Waals surface area contributed by atoms with Crippen LogP contribution in [0.5, 0.6) is 0 Å². The van der Waals surface area contributed by atoms with Gasteiger partial charge in [0.15, 0.2) is 5.13 Å². The molecular formula is C14H24N2O2S. The molecule has 0 N–H and O–H groups in total. The average molecular weight is 284 g/mol. The van der Waals surface area contributed by atoms with Crippen LogP contribution < -0.4 is 4.90 Å². The molecular weight excluding hydrogens is 260 g/mol. The Bertz CT molecular complexity index is 379. The number of thiazole rings is 1. The van der Waals surface area contributed by atoms with E-state index in [0.29, 0.717) is 19.4 Å². The second kappa shape index (κ2) is 8.91. The van der Waals surface area contributed by atoms with Gasteiger partial charge in [0.05, 0.1) is 18.7 Å². The lowest BCUT2D eigenvalue weighted by molar-refractivity contribution is -0.143. The molecule has 0 aliphatic carbocycles. The fourth-order valence-electron chi connectivity index (χ4n) is 1.74. The van der Waals surface area contributed by atoms with Gasteiger partial charge in [0.1, 0.15) is 0 Å². The number of unbranched alkanes of at least 4 members (excludes halogenated alkanes) is 2. The first-order valence-electron chi connectivity index (χ1n) is 6.98. The second-order valence-corrected chi connectivity index (χ2v) is 5.39. The van der Waals surface area contributed by atoms with Crippen molar-refractivity contribution in [3.05, 3.63) is 11.1 Å². The number of nitrogens with zero attached hydrogens (tertiary/aromatic N) is 2. The third-order valence-electron chi connectivity index (χ3n) is 2.85. The van der Waals surface area contributed by atoms with Crippen LogP contribution in [0.3, 0.4) is 0 Å². The lowest BCUT2D eigenvalue weighted by Gasteiger charge is -2.14. The summed E-state index contributed by atoms with van der Waals surface area (Å²) >= 11 is 1.64. The molecule has 0 saturated heterocycles. The van der Waals surface area contributed by atoms with Gasteiger partial charge < -0.3 is 9.64 Å². The van der Waals surface area contributed by atoms with Gasteiger partial charge in [0.2, 0.25) is 0 Å². The Morgan fingerprint density at radius 2 is 2.21 bits per heavy atom. The van der Waals surface area contributed by atoms with Crippen LogP contribution in [0.4, 0.5) is 5.13 Å². The topological polar surface area (TPSA) is 42.4 Å². The van der Waals surface area contributed by atoms with Crippen molar-refractivity contribution in [2.24, 2.45) is 0 Å². The van der Waals surface area contributed by atoms with Gasteiger partial charge in [-0.2, -0.15) is 0 Å². The predicted octanol–water partition coefficient (Wildman–Crippen LogP) is 3.27. The lowest BCUT2D eigenvalue weighted by Crippen LogP contribution is -2.18. The highest BCUT2D eigenvalue weighted by Gasteiger charge is 2.09. The molecule has 19 heavy (non-hydrogen) atoms. The standard InChI is InChI=1S/C14H24N2O2S/c1-4-6-7-10-16(3)14-15-12(11-19-14)8-9-13(17)18-5-2/h11H,4-10H2,1-3H3. The number of rotatable bonds is 9. The smallest absolute Gasteiger partial charge is 0.306 e. The first-order chi connectivity index (χ1) is 9.17. The van der Waals surface area contributed by atoms with E-state index in [9.17, 15) is 4.79 Å². The molecule has 0 spiro atoms. The van der Waals surface area contributed by atoms with Gasteiger partial charge in [-0.1, -0.05) is 19.8 Å². The highest BCUT2D eigenvalue weighted by Crippen LogP contribution is 2.20. The molecule has 0 aliphatic heterocycles. The number of aryl methyl sites for hydroxylation is 1. The molecule has 0 unspecified atom stereocenters. The van der Waals surface area contributed by atoms with Gasteiger partial charge in [0.25, 0.3) is 0 Å². The van der Waals surface area contributed by atoms with Crippen molar-refractivity contribution >= 4 is 22.4 Å². The monoisotopic (exact) mass is 284 g/mol. The minimum absolute atomic E-state index is 0.145. The number of ether oxygens (including phenoxy) is 1. The Kier molecular flexibility index (Phi) is 7.48. The summed E-state index contributed by atoms with van der Waals surface area (Å²) in [5, 5.41) is 3.07. The Morgan fingerprint density at radius 3 is 2.89 bits per heavy atom. The summed E-state index contributed by atoms with van der Waals surface area (Å²) in [5.74, 6) is -0.145. The SMILES string of the molecule is CCCCCN(C)c1nc(CCC(=O)OCC)cs1. The van der Waals surface area contributed by atoms with Crippen molar-refractivity contribution in [1.29, 1.82) is 0 Å². The summed E-state index contributed by atoms with van der Waals surface area (Å²) in [4.78, 5) is 18.0. The summed E-state index contributed by atoms with van der Waals surface area (Å²) in [5.41, 5.74) is 0.982. The van der Waals surface area contributed by atoms with E-state index in [1.165, 1.54) is 19.3 Å². The quantitative estimate of drug-likeness (QED) is 0.515. The van der Waals surface area contributed by atoms with Crippen molar-refractivity contribution in [2.45, 2.75) is 46.0 Å². The van der Waals surface area contributed by atoms with Gasteiger partial charge in [0, 0.05) is 25.4 Å². The maximum Gasteiger partial charge on any atom is 0.306 e. The zero-order valence-corrected chi connectivity index (χ0v) is 13.0. The van der Waals surface area contributed by atoms with Crippen LogP contribution in [0.2, 0.25) is 0 Å². The third-order valence-corrected chi connectivity index (χ3v) is 3.86. The number of hydrogen-bond acceptors (Lipinski definition) is 5. The lowest BCUT2D eigenvalue weighted by atomic mass is 10.2. The first kappa shape index (κ1) is 16.0. The molecule has 108 valence electrons. The summed E-state index contributed by atoms with van der Waals surface area (Å²) < 4.78 is 4.91. The zero-order chi connectivity index (χ0) is 14.1. The Balaban J connectivity index is 2.36. The highest BCUT2D eigenvalue weighted by atomic mass is 32.1. The van der Waals surface area contributed by atoms with E-state index in [0.717, 1.165) is 17.4 Å². The van der Waals surface area contributed by atoms with E-state index in [-0.39, 0.29) is 5.97 Å². The maximum atomic E-state index is 11.3.